The van der Waals surface area contributed by atoms with Crippen molar-refractivity contribution in [3.8, 4) is 0 Å². The van der Waals surface area contributed by atoms with E-state index in [0.29, 0.717) is 18.1 Å². The largest absolute Gasteiger partial charge is 0.381 e. The monoisotopic (exact) mass is 303 g/mol. The molecule has 21 heavy (non-hydrogen) atoms. The predicted molar refractivity (Wildman–Crippen MR) is 79.9 cm³/mol. The summed E-state index contributed by atoms with van der Waals surface area (Å²) in [5.41, 5.74) is 1.51. The Labute approximate surface area is 124 Å². The van der Waals surface area contributed by atoms with Gasteiger partial charge in [-0.1, -0.05) is 6.07 Å². The molecule has 4 nitrogen and oxygen atoms in total. The zero-order valence-corrected chi connectivity index (χ0v) is 12.7. The van der Waals surface area contributed by atoms with Crippen LogP contribution >= 0.6 is 0 Å². The second-order valence-corrected chi connectivity index (χ2v) is 8.28. The summed E-state index contributed by atoms with van der Waals surface area (Å²) in [7, 11) is -3.32. The number of rotatable bonds is 2. The first kappa shape index (κ1) is 13.2. The van der Waals surface area contributed by atoms with Gasteiger partial charge in [-0.15, -0.1) is 0 Å². The van der Waals surface area contributed by atoms with Gasteiger partial charge in [0, 0.05) is 23.1 Å². The van der Waals surface area contributed by atoms with E-state index >= 15 is 0 Å². The van der Waals surface area contributed by atoms with Gasteiger partial charge in [-0.05, 0) is 44.0 Å². The Kier molecular flexibility index (Phi) is 2.69. The Morgan fingerprint density at radius 3 is 2.90 bits per heavy atom. The molecule has 2 aromatic rings. The van der Waals surface area contributed by atoms with Crippen LogP contribution in [0.2, 0.25) is 0 Å². The molecule has 0 bridgehead atoms. The highest BCUT2D eigenvalue weighted by Crippen LogP contribution is 2.57. The van der Waals surface area contributed by atoms with Crippen LogP contribution in [0, 0.1) is 12.3 Å². The van der Waals surface area contributed by atoms with E-state index in [1.807, 2.05) is 25.1 Å². The Morgan fingerprint density at radius 2 is 2.14 bits per heavy atom. The minimum Gasteiger partial charge on any atom is -0.381 e. The number of aryl methyl sites for hydroxylation is 1. The Morgan fingerprint density at radius 1 is 1.29 bits per heavy atom. The number of benzene rings is 1. The minimum atomic E-state index is -3.32. The van der Waals surface area contributed by atoms with Crippen LogP contribution in [0.1, 0.15) is 18.5 Å². The second kappa shape index (κ2) is 4.27. The van der Waals surface area contributed by atoms with Crippen molar-refractivity contribution >= 4 is 20.7 Å². The maximum Gasteiger partial charge on any atom is 0.182 e. The average molecular weight is 303 g/mol. The predicted octanol–water partition coefficient (Wildman–Crippen LogP) is 2.50. The van der Waals surface area contributed by atoms with Gasteiger partial charge >= 0.3 is 0 Å². The van der Waals surface area contributed by atoms with Crippen molar-refractivity contribution in [2.45, 2.75) is 29.9 Å². The normalized spacial score (nSPS) is 28.3. The average Bonchev–Trinajstić information content (AvgIpc) is 2.97. The lowest BCUT2D eigenvalue weighted by molar-refractivity contribution is 0.182. The third-order valence-corrected chi connectivity index (χ3v) is 7.15. The fraction of sp³-hybridized carbons (Fsp3) is 0.438. The quantitative estimate of drug-likeness (QED) is 0.855. The van der Waals surface area contributed by atoms with Crippen LogP contribution in [-0.4, -0.2) is 31.9 Å². The van der Waals surface area contributed by atoms with Crippen molar-refractivity contribution in [2.75, 3.05) is 13.2 Å². The lowest BCUT2D eigenvalue weighted by Crippen LogP contribution is -2.17. The Balaban J connectivity index is 1.83. The molecule has 1 aliphatic heterocycles. The SMILES string of the molecule is Cc1ccc2c(S(=O)(=O)C3CC34CCOC4)cccc2n1. The van der Waals surface area contributed by atoms with Crippen molar-refractivity contribution in [2.24, 2.45) is 5.41 Å². The van der Waals surface area contributed by atoms with Crippen LogP contribution in [-0.2, 0) is 14.6 Å². The number of hydrogen-bond acceptors (Lipinski definition) is 4. The smallest absolute Gasteiger partial charge is 0.182 e. The molecular formula is C16H17NO3S. The van der Waals surface area contributed by atoms with Crippen molar-refractivity contribution in [3.63, 3.8) is 0 Å². The van der Waals surface area contributed by atoms with Gasteiger partial charge in [0.2, 0.25) is 0 Å². The maximum atomic E-state index is 13.0. The summed E-state index contributed by atoms with van der Waals surface area (Å²) in [4.78, 5) is 4.85. The molecule has 4 rings (SSSR count). The summed E-state index contributed by atoms with van der Waals surface area (Å²) in [6, 6.07) is 9.08. The zero-order chi connectivity index (χ0) is 14.7. The summed E-state index contributed by atoms with van der Waals surface area (Å²) in [5.74, 6) is 0. The number of nitrogens with zero attached hydrogens (tertiary/aromatic N) is 1. The van der Waals surface area contributed by atoms with Crippen molar-refractivity contribution in [1.82, 2.24) is 4.98 Å². The highest BCUT2D eigenvalue weighted by atomic mass is 32.2. The van der Waals surface area contributed by atoms with Gasteiger partial charge in [-0.25, -0.2) is 8.42 Å². The van der Waals surface area contributed by atoms with Gasteiger partial charge in [-0.2, -0.15) is 0 Å². The minimum absolute atomic E-state index is 0.126. The molecule has 2 aliphatic rings. The van der Waals surface area contributed by atoms with Crippen LogP contribution in [0.4, 0.5) is 0 Å². The van der Waals surface area contributed by atoms with Gasteiger partial charge in [0.1, 0.15) is 0 Å². The fourth-order valence-corrected chi connectivity index (χ4v) is 5.87. The molecule has 2 atom stereocenters. The number of pyridine rings is 1. The molecule has 0 amide bonds. The molecule has 2 fully saturated rings. The van der Waals surface area contributed by atoms with E-state index in [1.165, 1.54) is 0 Å². The van der Waals surface area contributed by atoms with Crippen LogP contribution in [0.5, 0.6) is 0 Å². The maximum absolute atomic E-state index is 13.0. The van der Waals surface area contributed by atoms with E-state index in [1.54, 1.807) is 12.1 Å². The topological polar surface area (TPSA) is 56.3 Å². The van der Waals surface area contributed by atoms with Gasteiger partial charge in [0.15, 0.2) is 9.84 Å². The molecule has 1 aromatic carbocycles. The molecular weight excluding hydrogens is 286 g/mol. The van der Waals surface area contributed by atoms with Crippen LogP contribution in [0.3, 0.4) is 0 Å². The molecule has 110 valence electrons. The van der Waals surface area contributed by atoms with Crippen molar-refractivity contribution in [1.29, 1.82) is 0 Å². The standard InChI is InChI=1S/C16H17NO3S/c1-11-5-6-12-13(17-11)3-2-4-14(12)21(18,19)15-9-16(15)7-8-20-10-16/h2-6,15H,7-10H2,1H3. The fourth-order valence-electron chi connectivity index (χ4n) is 3.42. The van der Waals surface area contributed by atoms with Crippen LogP contribution in [0.15, 0.2) is 35.2 Å². The summed E-state index contributed by atoms with van der Waals surface area (Å²) in [5, 5.41) is 0.434. The summed E-state index contributed by atoms with van der Waals surface area (Å²) < 4.78 is 31.4. The van der Waals surface area contributed by atoms with E-state index in [0.717, 1.165) is 29.4 Å². The lowest BCUT2D eigenvalue weighted by atomic mass is 10.1. The van der Waals surface area contributed by atoms with Crippen LogP contribution < -0.4 is 0 Å². The molecule has 1 aromatic heterocycles. The highest BCUT2D eigenvalue weighted by molar-refractivity contribution is 7.92. The Hall–Kier alpha value is -1.46. The second-order valence-electron chi connectivity index (χ2n) is 6.18. The molecule has 0 N–H and O–H groups in total. The number of ether oxygens (including phenoxy) is 1. The van der Waals surface area contributed by atoms with E-state index in [2.05, 4.69) is 4.98 Å². The molecule has 0 radical (unpaired) electrons. The van der Waals surface area contributed by atoms with Crippen LogP contribution in [0.25, 0.3) is 10.9 Å². The summed E-state index contributed by atoms with van der Waals surface area (Å²) in [6.07, 6.45) is 1.59. The summed E-state index contributed by atoms with van der Waals surface area (Å²) >= 11 is 0. The van der Waals surface area contributed by atoms with E-state index in [9.17, 15) is 8.42 Å². The van der Waals surface area contributed by atoms with Gasteiger partial charge in [-0.3, -0.25) is 4.98 Å². The third-order valence-electron chi connectivity index (χ3n) is 4.76. The molecule has 5 heteroatoms. The number of hydrogen-bond donors (Lipinski definition) is 0. The molecule has 2 unspecified atom stereocenters. The van der Waals surface area contributed by atoms with Gasteiger partial charge in [0.25, 0.3) is 0 Å². The number of fused-ring (bicyclic) bond motifs is 1. The first-order valence-electron chi connectivity index (χ1n) is 7.21. The van der Waals surface area contributed by atoms with Gasteiger partial charge < -0.3 is 4.74 Å². The summed E-state index contributed by atoms with van der Waals surface area (Å²) in [6.45, 7) is 3.17. The third kappa shape index (κ3) is 1.91. The molecule has 1 saturated heterocycles. The molecule has 1 saturated carbocycles. The molecule has 1 aliphatic carbocycles. The Bertz CT molecular complexity index is 823. The first-order valence-corrected chi connectivity index (χ1v) is 8.76. The van der Waals surface area contributed by atoms with E-state index in [4.69, 9.17) is 4.74 Å². The van der Waals surface area contributed by atoms with E-state index in [-0.39, 0.29) is 10.7 Å². The van der Waals surface area contributed by atoms with Crippen molar-refractivity contribution < 1.29 is 13.2 Å². The number of sulfone groups is 1. The van der Waals surface area contributed by atoms with Gasteiger partial charge in [0.05, 0.1) is 22.3 Å². The first-order chi connectivity index (χ1) is 10.0. The van der Waals surface area contributed by atoms with E-state index < -0.39 is 9.84 Å². The lowest BCUT2D eigenvalue weighted by Gasteiger charge is -2.10. The zero-order valence-electron chi connectivity index (χ0n) is 11.9. The van der Waals surface area contributed by atoms with Crippen molar-refractivity contribution in [3.05, 3.63) is 36.0 Å². The molecule has 1 spiro atoms. The number of aromatic nitrogens is 1. The molecule has 2 heterocycles. The highest BCUT2D eigenvalue weighted by Gasteiger charge is 2.62.